The third-order valence-corrected chi connectivity index (χ3v) is 2.44. The summed E-state index contributed by atoms with van der Waals surface area (Å²) in [6.45, 7) is 4.44. The molecule has 3 nitrogen and oxygen atoms in total. The molecule has 0 aliphatic heterocycles. The van der Waals surface area contributed by atoms with Gasteiger partial charge in [-0.1, -0.05) is 24.3 Å². The molecule has 0 radical (unpaired) electrons. The van der Waals surface area contributed by atoms with E-state index in [0.29, 0.717) is 0 Å². The van der Waals surface area contributed by atoms with Crippen molar-refractivity contribution in [1.82, 2.24) is 0 Å². The van der Waals surface area contributed by atoms with Crippen molar-refractivity contribution >= 4 is 11.7 Å². The van der Waals surface area contributed by atoms with Crippen LogP contribution in [0.1, 0.15) is 25.3 Å². The molecule has 1 atom stereocenters. The Balaban J connectivity index is 2.64. The first-order valence-electron chi connectivity index (χ1n) is 5.33. The first kappa shape index (κ1) is 12.3. The van der Waals surface area contributed by atoms with Gasteiger partial charge < -0.3 is 10.4 Å². The lowest BCUT2D eigenvalue weighted by molar-refractivity contribution is -0.138. The van der Waals surface area contributed by atoms with Gasteiger partial charge >= 0.3 is 5.97 Å². The first-order valence-corrected chi connectivity index (χ1v) is 5.33. The molecule has 16 heavy (non-hydrogen) atoms. The molecule has 0 fully saturated rings. The minimum Gasteiger partial charge on any atom is -0.481 e. The van der Waals surface area contributed by atoms with Crippen LogP contribution in [0.15, 0.2) is 36.4 Å². The third kappa shape index (κ3) is 3.42. The summed E-state index contributed by atoms with van der Waals surface area (Å²) in [7, 11) is 0. The van der Waals surface area contributed by atoms with Crippen molar-refractivity contribution in [3.8, 4) is 0 Å². The van der Waals surface area contributed by atoms with E-state index in [9.17, 15) is 4.79 Å². The Morgan fingerprint density at radius 2 is 2.06 bits per heavy atom. The molecule has 0 aromatic heterocycles. The number of allylic oxidation sites excluding steroid dienone is 1. The molecule has 1 unspecified atom stereocenters. The maximum absolute atomic E-state index is 10.8. The molecule has 86 valence electrons. The van der Waals surface area contributed by atoms with E-state index in [0.717, 1.165) is 17.8 Å². The van der Waals surface area contributed by atoms with E-state index in [2.05, 4.69) is 5.32 Å². The van der Waals surface area contributed by atoms with Gasteiger partial charge in [-0.2, -0.15) is 0 Å². The lowest BCUT2D eigenvalue weighted by atomic mass is 10.0. The average Bonchev–Trinajstić information content (AvgIpc) is 2.29. The lowest BCUT2D eigenvalue weighted by Gasteiger charge is -2.08. The molecule has 2 N–H and O–H groups in total. The molecule has 1 aromatic carbocycles. The van der Waals surface area contributed by atoms with Crippen LogP contribution < -0.4 is 5.32 Å². The summed E-state index contributed by atoms with van der Waals surface area (Å²) < 4.78 is 0. The monoisotopic (exact) mass is 219 g/mol. The number of carboxylic acid groups (broad SMARTS) is 1. The molecule has 1 aromatic rings. The van der Waals surface area contributed by atoms with Crippen LogP contribution in [0.5, 0.6) is 0 Å². The summed E-state index contributed by atoms with van der Waals surface area (Å²) in [6.07, 6.45) is 4.00. The van der Waals surface area contributed by atoms with Crippen molar-refractivity contribution in [2.75, 3.05) is 11.9 Å². The predicted octanol–water partition coefficient (Wildman–Crippen LogP) is 2.86. The van der Waals surface area contributed by atoms with E-state index in [-0.39, 0.29) is 0 Å². The number of nitrogens with one attached hydrogen (secondary N) is 1. The lowest BCUT2D eigenvalue weighted by Crippen LogP contribution is -2.07. The summed E-state index contributed by atoms with van der Waals surface area (Å²) in [5.41, 5.74) is 1.82. The van der Waals surface area contributed by atoms with Crippen molar-refractivity contribution in [2.45, 2.75) is 19.8 Å². The zero-order chi connectivity index (χ0) is 12.0. The number of carbonyl (C=O) groups is 1. The van der Waals surface area contributed by atoms with Gasteiger partial charge in [0.2, 0.25) is 0 Å². The number of carboxylic acids is 1. The molecule has 0 bridgehead atoms. The molecule has 0 amide bonds. The van der Waals surface area contributed by atoms with Gasteiger partial charge in [-0.3, -0.25) is 4.79 Å². The standard InChI is InChI=1S/C13H17NO2/c1-3-4-9-14-12-7-5-11(6-8-12)10(2)13(15)16/h3-8,10,14H,9H2,1-2H3,(H,15,16)/b4-3+. The smallest absolute Gasteiger partial charge is 0.310 e. The minimum atomic E-state index is -0.797. The van der Waals surface area contributed by atoms with Crippen LogP contribution in [0.3, 0.4) is 0 Å². The fraction of sp³-hybridized carbons (Fsp3) is 0.308. The highest BCUT2D eigenvalue weighted by molar-refractivity contribution is 5.75. The third-order valence-electron chi connectivity index (χ3n) is 2.44. The van der Waals surface area contributed by atoms with Gasteiger partial charge in [-0.15, -0.1) is 0 Å². The Bertz CT molecular complexity index is 368. The first-order chi connectivity index (χ1) is 7.65. The summed E-state index contributed by atoms with van der Waals surface area (Å²) in [6, 6.07) is 7.49. The Labute approximate surface area is 95.8 Å². The van der Waals surface area contributed by atoms with Crippen molar-refractivity contribution in [3.05, 3.63) is 42.0 Å². The quantitative estimate of drug-likeness (QED) is 0.749. The molecule has 3 heteroatoms. The van der Waals surface area contributed by atoms with Crippen molar-refractivity contribution in [2.24, 2.45) is 0 Å². The van der Waals surface area contributed by atoms with Crippen molar-refractivity contribution < 1.29 is 9.90 Å². The van der Waals surface area contributed by atoms with Gasteiger partial charge in [0, 0.05) is 12.2 Å². The summed E-state index contributed by atoms with van der Waals surface area (Å²) in [5, 5.41) is 12.1. The van der Waals surface area contributed by atoms with E-state index in [4.69, 9.17) is 5.11 Å². The molecule has 1 rings (SSSR count). The number of aliphatic carboxylic acids is 1. The number of anilines is 1. The van der Waals surface area contributed by atoms with Crippen LogP contribution in [0.4, 0.5) is 5.69 Å². The van der Waals surface area contributed by atoms with Crippen LogP contribution in [-0.4, -0.2) is 17.6 Å². The van der Waals surface area contributed by atoms with Crippen molar-refractivity contribution in [3.63, 3.8) is 0 Å². The predicted molar refractivity (Wildman–Crippen MR) is 65.8 cm³/mol. The average molecular weight is 219 g/mol. The van der Waals surface area contributed by atoms with E-state index < -0.39 is 11.9 Å². The molecule has 0 heterocycles. The Morgan fingerprint density at radius 1 is 1.44 bits per heavy atom. The second-order valence-electron chi connectivity index (χ2n) is 3.63. The Hall–Kier alpha value is -1.77. The fourth-order valence-corrected chi connectivity index (χ4v) is 1.33. The second kappa shape index (κ2) is 5.95. The highest BCUT2D eigenvalue weighted by atomic mass is 16.4. The number of benzene rings is 1. The molecule has 0 saturated heterocycles. The minimum absolute atomic E-state index is 0.454. The zero-order valence-electron chi connectivity index (χ0n) is 9.60. The Kier molecular flexibility index (Phi) is 4.58. The van der Waals surface area contributed by atoms with E-state index in [1.807, 2.05) is 43.3 Å². The summed E-state index contributed by atoms with van der Waals surface area (Å²) >= 11 is 0. The largest absolute Gasteiger partial charge is 0.481 e. The number of hydrogen-bond donors (Lipinski definition) is 2. The number of hydrogen-bond acceptors (Lipinski definition) is 2. The van der Waals surface area contributed by atoms with Gasteiger partial charge in [0.25, 0.3) is 0 Å². The molecule has 0 spiro atoms. The molecular weight excluding hydrogens is 202 g/mol. The Morgan fingerprint density at radius 3 is 2.56 bits per heavy atom. The maximum atomic E-state index is 10.8. The molecular formula is C13H17NO2. The molecule has 0 saturated carbocycles. The van der Waals surface area contributed by atoms with Crippen LogP contribution in [0, 0.1) is 0 Å². The normalized spacial score (nSPS) is 12.6. The highest BCUT2D eigenvalue weighted by Gasteiger charge is 2.12. The molecule has 0 aliphatic carbocycles. The van der Waals surface area contributed by atoms with Gasteiger partial charge in [0.1, 0.15) is 0 Å². The summed E-state index contributed by atoms with van der Waals surface area (Å²) in [4.78, 5) is 10.8. The van der Waals surface area contributed by atoms with Crippen LogP contribution >= 0.6 is 0 Å². The van der Waals surface area contributed by atoms with Gasteiger partial charge in [-0.25, -0.2) is 0 Å². The van der Waals surface area contributed by atoms with E-state index >= 15 is 0 Å². The topological polar surface area (TPSA) is 49.3 Å². The van der Waals surface area contributed by atoms with Crippen LogP contribution in [0.2, 0.25) is 0 Å². The van der Waals surface area contributed by atoms with Crippen LogP contribution in [-0.2, 0) is 4.79 Å². The number of rotatable bonds is 5. The van der Waals surface area contributed by atoms with Gasteiger partial charge in [0.15, 0.2) is 0 Å². The maximum Gasteiger partial charge on any atom is 0.310 e. The van der Waals surface area contributed by atoms with E-state index in [1.54, 1.807) is 6.92 Å². The SMILES string of the molecule is C/C=C/CNc1ccc(C(C)C(=O)O)cc1. The van der Waals surface area contributed by atoms with Gasteiger partial charge in [0.05, 0.1) is 5.92 Å². The van der Waals surface area contributed by atoms with Gasteiger partial charge in [-0.05, 0) is 31.5 Å². The fourth-order valence-electron chi connectivity index (χ4n) is 1.33. The van der Waals surface area contributed by atoms with E-state index in [1.165, 1.54) is 0 Å². The van der Waals surface area contributed by atoms with Crippen LogP contribution in [0.25, 0.3) is 0 Å². The second-order valence-corrected chi connectivity index (χ2v) is 3.63. The van der Waals surface area contributed by atoms with Crippen molar-refractivity contribution in [1.29, 1.82) is 0 Å². The summed E-state index contributed by atoms with van der Waals surface area (Å²) in [5.74, 6) is -1.25. The zero-order valence-corrected chi connectivity index (χ0v) is 9.60. The highest BCUT2D eigenvalue weighted by Crippen LogP contribution is 2.17. The molecule has 0 aliphatic rings.